The summed E-state index contributed by atoms with van der Waals surface area (Å²) in [5, 5.41) is 5.82. The second-order valence-corrected chi connectivity index (χ2v) is 3.49. The van der Waals surface area contributed by atoms with Gasteiger partial charge in [-0.2, -0.15) is 0 Å². The molecule has 0 radical (unpaired) electrons. The molecule has 0 saturated carbocycles. The summed E-state index contributed by atoms with van der Waals surface area (Å²) in [5.74, 6) is 0.000839. The van der Waals surface area contributed by atoms with Crippen LogP contribution in [0.25, 0.3) is 0 Å². The maximum absolute atomic E-state index is 11.3. The third-order valence-electron chi connectivity index (χ3n) is 2.41. The number of carbonyl (C=O) groups excluding carboxylic acids is 1. The van der Waals surface area contributed by atoms with Crippen molar-refractivity contribution in [1.82, 2.24) is 5.32 Å². The van der Waals surface area contributed by atoms with E-state index in [-0.39, 0.29) is 11.9 Å². The molecule has 1 rings (SSSR count). The van der Waals surface area contributed by atoms with Gasteiger partial charge in [0.15, 0.2) is 0 Å². The van der Waals surface area contributed by atoms with Gasteiger partial charge >= 0.3 is 0 Å². The van der Waals surface area contributed by atoms with Crippen LogP contribution in [0.15, 0.2) is 24.3 Å². The van der Waals surface area contributed by atoms with Crippen molar-refractivity contribution < 1.29 is 4.79 Å². The van der Waals surface area contributed by atoms with E-state index in [1.54, 1.807) is 7.05 Å². The molecule has 1 unspecified atom stereocenters. The molecule has 0 heterocycles. The summed E-state index contributed by atoms with van der Waals surface area (Å²) in [6.45, 7) is 3.95. The number of carbonyl (C=O) groups is 1. The first-order valence-corrected chi connectivity index (χ1v) is 5.25. The predicted molar refractivity (Wildman–Crippen MR) is 63.0 cm³/mol. The van der Waals surface area contributed by atoms with E-state index in [0.29, 0.717) is 0 Å². The van der Waals surface area contributed by atoms with Crippen molar-refractivity contribution in [1.29, 1.82) is 0 Å². The Morgan fingerprint density at radius 2 is 2.07 bits per heavy atom. The molecule has 0 aliphatic heterocycles. The highest BCUT2D eigenvalue weighted by Crippen LogP contribution is 2.16. The highest BCUT2D eigenvalue weighted by atomic mass is 16.2. The summed E-state index contributed by atoms with van der Waals surface area (Å²) in [4.78, 5) is 11.3. The van der Waals surface area contributed by atoms with Crippen molar-refractivity contribution in [3.05, 3.63) is 29.8 Å². The van der Waals surface area contributed by atoms with E-state index in [1.807, 2.05) is 25.1 Å². The Morgan fingerprint density at radius 3 is 2.67 bits per heavy atom. The maximum atomic E-state index is 11.3. The van der Waals surface area contributed by atoms with Gasteiger partial charge in [0.25, 0.3) is 0 Å². The summed E-state index contributed by atoms with van der Waals surface area (Å²) < 4.78 is 0. The molecule has 3 nitrogen and oxygen atoms in total. The number of hydrogen-bond acceptors (Lipinski definition) is 2. The number of rotatable bonds is 4. The molecule has 15 heavy (non-hydrogen) atoms. The molecule has 1 amide bonds. The number of anilines is 1. The topological polar surface area (TPSA) is 41.1 Å². The molecule has 0 aliphatic carbocycles. The van der Waals surface area contributed by atoms with Crippen LogP contribution in [0.2, 0.25) is 0 Å². The van der Waals surface area contributed by atoms with Crippen molar-refractivity contribution in [2.45, 2.75) is 26.3 Å². The van der Waals surface area contributed by atoms with E-state index in [9.17, 15) is 4.79 Å². The molecule has 0 bridgehead atoms. The molecule has 0 aromatic heterocycles. The molecule has 1 aromatic carbocycles. The molecular weight excluding hydrogens is 188 g/mol. The first-order chi connectivity index (χ1) is 7.19. The number of likely N-dealkylation sites (N-methyl/N-ethyl adjacent to an activating group) is 1. The van der Waals surface area contributed by atoms with E-state index >= 15 is 0 Å². The zero-order valence-electron chi connectivity index (χ0n) is 9.50. The van der Waals surface area contributed by atoms with Crippen LogP contribution in [0.4, 0.5) is 5.69 Å². The Kier molecular flexibility index (Phi) is 4.16. The number of nitrogens with one attached hydrogen (secondary N) is 2. The Bertz CT molecular complexity index is 336. The maximum Gasteiger partial charge on any atom is 0.241 e. The van der Waals surface area contributed by atoms with Crippen LogP contribution in [-0.4, -0.2) is 19.0 Å². The number of hydrogen-bond donors (Lipinski definition) is 2. The van der Waals surface area contributed by atoms with Gasteiger partial charge in [0.05, 0.1) is 0 Å². The summed E-state index contributed by atoms with van der Waals surface area (Å²) >= 11 is 0. The highest BCUT2D eigenvalue weighted by Gasteiger charge is 2.11. The fourth-order valence-electron chi connectivity index (χ4n) is 1.48. The zero-order valence-corrected chi connectivity index (χ0v) is 9.50. The first kappa shape index (κ1) is 11.6. The Hall–Kier alpha value is -1.51. The van der Waals surface area contributed by atoms with Crippen molar-refractivity contribution >= 4 is 11.6 Å². The van der Waals surface area contributed by atoms with Gasteiger partial charge in [-0.05, 0) is 25.0 Å². The average Bonchev–Trinajstić information content (AvgIpc) is 2.28. The monoisotopic (exact) mass is 206 g/mol. The first-order valence-electron chi connectivity index (χ1n) is 5.25. The summed E-state index contributed by atoms with van der Waals surface area (Å²) in [6, 6.07) is 7.84. The quantitative estimate of drug-likeness (QED) is 0.788. The molecule has 82 valence electrons. The second kappa shape index (κ2) is 5.39. The Labute approximate surface area is 90.9 Å². The van der Waals surface area contributed by atoms with E-state index in [4.69, 9.17) is 0 Å². The van der Waals surface area contributed by atoms with Gasteiger partial charge in [0, 0.05) is 12.7 Å². The normalized spacial score (nSPS) is 11.9. The minimum absolute atomic E-state index is 0.000839. The van der Waals surface area contributed by atoms with Gasteiger partial charge in [0.2, 0.25) is 5.91 Å². The lowest BCUT2D eigenvalue weighted by Crippen LogP contribution is -2.35. The molecular formula is C12H18N2O. The van der Waals surface area contributed by atoms with Crippen molar-refractivity contribution in [3.8, 4) is 0 Å². The molecule has 1 aromatic rings. The smallest absolute Gasteiger partial charge is 0.241 e. The number of aryl methyl sites for hydroxylation is 1. The number of para-hydroxylation sites is 1. The predicted octanol–water partition coefficient (Wildman–Crippen LogP) is 1.80. The van der Waals surface area contributed by atoms with Gasteiger partial charge < -0.3 is 10.6 Å². The van der Waals surface area contributed by atoms with Crippen LogP contribution < -0.4 is 10.6 Å². The average molecular weight is 206 g/mol. The van der Waals surface area contributed by atoms with Crippen LogP contribution in [0.1, 0.15) is 19.4 Å². The second-order valence-electron chi connectivity index (χ2n) is 3.49. The van der Waals surface area contributed by atoms with Crippen LogP contribution >= 0.6 is 0 Å². The summed E-state index contributed by atoms with van der Waals surface area (Å²) in [6.07, 6.45) is 0.962. The van der Waals surface area contributed by atoms with Crippen LogP contribution in [0.3, 0.4) is 0 Å². The minimum atomic E-state index is -0.206. The van der Waals surface area contributed by atoms with Gasteiger partial charge in [-0.15, -0.1) is 0 Å². The van der Waals surface area contributed by atoms with Gasteiger partial charge in [-0.25, -0.2) is 0 Å². The van der Waals surface area contributed by atoms with E-state index in [0.717, 1.165) is 12.1 Å². The molecule has 0 saturated heterocycles. The van der Waals surface area contributed by atoms with Crippen LogP contribution in [-0.2, 0) is 11.2 Å². The fraction of sp³-hybridized carbons (Fsp3) is 0.417. The summed E-state index contributed by atoms with van der Waals surface area (Å²) in [5.41, 5.74) is 2.27. The van der Waals surface area contributed by atoms with Crippen LogP contribution in [0, 0.1) is 0 Å². The SMILES string of the molecule is CCc1ccccc1NC(C)C(=O)NC. The highest BCUT2D eigenvalue weighted by molar-refractivity contribution is 5.84. The molecule has 0 fully saturated rings. The van der Waals surface area contributed by atoms with Crippen LogP contribution in [0.5, 0.6) is 0 Å². The Balaban J connectivity index is 2.75. The van der Waals surface area contributed by atoms with E-state index < -0.39 is 0 Å². The van der Waals surface area contributed by atoms with Gasteiger partial charge in [-0.1, -0.05) is 25.1 Å². The lowest BCUT2D eigenvalue weighted by molar-refractivity contribution is -0.121. The molecule has 2 N–H and O–H groups in total. The van der Waals surface area contributed by atoms with E-state index in [2.05, 4.69) is 23.6 Å². The lowest BCUT2D eigenvalue weighted by Gasteiger charge is -2.16. The molecule has 0 spiro atoms. The van der Waals surface area contributed by atoms with E-state index in [1.165, 1.54) is 5.56 Å². The van der Waals surface area contributed by atoms with Crippen molar-refractivity contribution in [3.63, 3.8) is 0 Å². The number of benzene rings is 1. The molecule has 1 atom stereocenters. The number of amides is 1. The van der Waals surface area contributed by atoms with Gasteiger partial charge in [0.1, 0.15) is 6.04 Å². The standard InChI is InChI=1S/C12H18N2O/c1-4-10-7-5-6-8-11(10)14-9(2)12(15)13-3/h5-9,14H,4H2,1-3H3,(H,13,15). The molecule has 0 aliphatic rings. The largest absolute Gasteiger partial charge is 0.374 e. The lowest BCUT2D eigenvalue weighted by atomic mass is 10.1. The third-order valence-corrected chi connectivity index (χ3v) is 2.41. The third kappa shape index (κ3) is 2.98. The van der Waals surface area contributed by atoms with Crippen molar-refractivity contribution in [2.75, 3.05) is 12.4 Å². The summed E-state index contributed by atoms with van der Waals surface area (Å²) in [7, 11) is 1.65. The van der Waals surface area contributed by atoms with Crippen molar-refractivity contribution in [2.24, 2.45) is 0 Å². The van der Waals surface area contributed by atoms with Gasteiger partial charge in [-0.3, -0.25) is 4.79 Å². The Morgan fingerprint density at radius 1 is 1.40 bits per heavy atom. The fourth-order valence-corrected chi connectivity index (χ4v) is 1.48. The minimum Gasteiger partial charge on any atom is -0.374 e. The molecule has 3 heteroatoms. The zero-order chi connectivity index (χ0) is 11.3.